The third kappa shape index (κ3) is 7.51. The molecular weight excluding hydrogens is 416 g/mol. The van der Waals surface area contributed by atoms with E-state index in [-0.39, 0.29) is 12.0 Å². The van der Waals surface area contributed by atoms with Crippen LogP contribution in [0.3, 0.4) is 0 Å². The van der Waals surface area contributed by atoms with Crippen LogP contribution in [-0.4, -0.2) is 77.8 Å². The van der Waals surface area contributed by atoms with Gasteiger partial charge in [0.15, 0.2) is 0 Å². The SMILES string of the molecule is O=C1N[C@H]2CSC(CCCCNCCSSCCC(=O)ON3CCCC3)[C@H]2N1. The Morgan fingerprint density at radius 2 is 2.00 bits per heavy atom. The number of urea groups is 1. The number of nitrogens with zero attached hydrogens (tertiary/aromatic N) is 1. The molecule has 3 aliphatic heterocycles. The van der Waals surface area contributed by atoms with E-state index in [1.54, 1.807) is 15.9 Å². The van der Waals surface area contributed by atoms with E-state index >= 15 is 0 Å². The molecule has 0 aromatic carbocycles. The van der Waals surface area contributed by atoms with E-state index in [4.69, 9.17) is 4.84 Å². The lowest BCUT2D eigenvalue weighted by atomic mass is 10.0. The summed E-state index contributed by atoms with van der Waals surface area (Å²) >= 11 is 1.99. The Balaban J connectivity index is 1.07. The van der Waals surface area contributed by atoms with Gasteiger partial charge in [-0.15, -0.1) is 5.06 Å². The Bertz CT molecular complexity index is 508. The van der Waals surface area contributed by atoms with Crippen LogP contribution in [-0.2, 0) is 9.63 Å². The summed E-state index contributed by atoms with van der Waals surface area (Å²) in [5.74, 6) is 2.79. The standard InChI is InChI=1S/C18H32N4O3S3/c23-16(25-22-9-3-4-10-22)6-11-27-28-12-8-19-7-2-1-5-15-17-14(13-26-15)20-18(24)21-17/h14-15,17,19H,1-13H2,(H2,20,21,24)/t14-,15?,17-/m0/s1. The lowest BCUT2D eigenvalue weighted by Gasteiger charge is -2.16. The van der Waals surface area contributed by atoms with E-state index in [1.165, 1.54) is 19.3 Å². The molecule has 3 heterocycles. The summed E-state index contributed by atoms with van der Waals surface area (Å²) in [6, 6.07) is 0.657. The molecule has 160 valence electrons. The average Bonchev–Trinajstić information content (AvgIpc) is 3.38. The molecule has 0 bridgehead atoms. The molecule has 0 spiro atoms. The lowest BCUT2D eigenvalue weighted by molar-refractivity contribution is -0.184. The minimum absolute atomic E-state index is 0.000759. The summed E-state index contributed by atoms with van der Waals surface area (Å²) in [5, 5.41) is 11.9. The van der Waals surface area contributed by atoms with Crippen molar-refractivity contribution in [2.45, 2.75) is 55.9 Å². The summed E-state index contributed by atoms with van der Waals surface area (Å²) < 4.78 is 0. The number of unbranched alkanes of at least 4 members (excludes halogenated alkanes) is 1. The fourth-order valence-corrected chi connectivity index (χ4v) is 7.15. The van der Waals surface area contributed by atoms with Crippen LogP contribution in [0.25, 0.3) is 0 Å². The minimum Gasteiger partial charge on any atom is -0.368 e. The van der Waals surface area contributed by atoms with Crippen LogP contribution >= 0.6 is 33.3 Å². The zero-order valence-corrected chi connectivity index (χ0v) is 18.8. The van der Waals surface area contributed by atoms with Gasteiger partial charge in [-0.1, -0.05) is 28.0 Å². The van der Waals surface area contributed by atoms with Gasteiger partial charge in [0.05, 0.1) is 18.5 Å². The van der Waals surface area contributed by atoms with Crippen molar-refractivity contribution in [2.24, 2.45) is 0 Å². The highest BCUT2D eigenvalue weighted by Crippen LogP contribution is 2.33. The first-order valence-corrected chi connectivity index (χ1v) is 13.9. The summed E-state index contributed by atoms with van der Waals surface area (Å²) in [5.41, 5.74) is 0. The predicted molar refractivity (Wildman–Crippen MR) is 119 cm³/mol. The van der Waals surface area contributed by atoms with Gasteiger partial charge in [-0.25, -0.2) is 4.79 Å². The highest BCUT2D eigenvalue weighted by atomic mass is 33.1. The molecule has 0 radical (unpaired) electrons. The highest BCUT2D eigenvalue weighted by molar-refractivity contribution is 8.76. The summed E-state index contributed by atoms with van der Waals surface area (Å²) in [6.07, 6.45) is 6.29. The summed E-state index contributed by atoms with van der Waals surface area (Å²) in [7, 11) is 3.56. The predicted octanol–water partition coefficient (Wildman–Crippen LogP) is 2.24. The van der Waals surface area contributed by atoms with Crippen molar-refractivity contribution in [2.75, 3.05) is 43.4 Å². The van der Waals surface area contributed by atoms with E-state index in [9.17, 15) is 9.59 Å². The van der Waals surface area contributed by atoms with Crippen molar-refractivity contribution >= 4 is 45.4 Å². The van der Waals surface area contributed by atoms with E-state index in [0.717, 1.165) is 56.3 Å². The van der Waals surface area contributed by atoms with Crippen molar-refractivity contribution in [3.8, 4) is 0 Å². The molecule has 3 fully saturated rings. The topological polar surface area (TPSA) is 82.7 Å². The van der Waals surface area contributed by atoms with Gasteiger partial charge in [-0.2, -0.15) is 11.8 Å². The molecule has 3 aliphatic rings. The number of hydrogen-bond acceptors (Lipinski definition) is 8. The zero-order chi connectivity index (χ0) is 19.6. The summed E-state index contributed by atoms with van der Waals surface area (Å²) in [4.78, 5) is 28.4. The minimum atomic E-state index is -0.104. The van der Waals surface area contributed by atoms with E-state index in [2.05, 4.69) is 16.0 Å². The monoisotopic (exact) mass is 448 g/mol. The Kier molecular flexibility index (Phi) is 9.93. The Morgan fingerprint density at radius 3 is 2.86 bits per heavy atom. The molecule has 0 aromatic heterocycles. The van der Waals surface area contributed by atoms with Gasteiger partial charge in [0.2, 0.25) is 0 Å². The fraction of sp³-hybridized carbons (Fsp3) is 0.889. The van der Waals surface area contributed by atoms with E-state index in [1.807, 2.05) is 22.6 Å². The molecule has 3 atom stereocenters. The van der Waals surface area contributed by atoms with Crippen molar-refractivity contribution < 1.29 is 14.4 Å². The normalized spacial score (nSPS) is 26.9. The molecular formula is C18H32N4O3S3. The maximum Gasteiger partial charge on any atom is 0.325 e. The number of carbonyl (C=O) groups excluding carboxylic acids is 2. The maximum atomic E-state index is 11.7. The van der Waals surface area contributed by atoms with Crippen molar-refractivity contribution in [3.05, 3.63) is 0 Å². The molecule has 7 nitrogen and oxygen atoms in total. The van der Waals surface area contributed by atoms with Gasteiger partial charge in [-0.05, 0) is 32.2 Å². The average molecular weight is 449 g/mol. The van der Waals surface area contributed by atoms with Crippen LogP contribution in [0.4, 0.5) is 4.79 Å². The molecule has 1 unspecified atom stereocenters. The first kappa shape index (κ1) is 22.4. The number of nitrogens with one attached hydrogen (secondary N) is 3. The Morgan fingerprint density at radius 1 is 1.18 bits per heavy atom. The quantitative estimate of drug-likeness (QED) is 0.225. The number of hydroxylamine groups is 2. The van der Waals surface area contributed by atoms with Crippen molar-refractivity contribution in [3.63, 3.8) is 0 Å². The van der Waals surface area contributed by atoms with Gasteiger partial charge in [0, 0.05) is 42.1 Å². The molecule has 0 aliphatic carbocycles. The first-order valence-electron chi connectivity index (χ1n) is 10.3. The summed E-state index contributed by atoms with van der Waals surface area (Å²) in [6.45, 7) is 3.81. The van der Waals surface area contributed by atoms with E-state index in [0.29, 0.717) is 23.8 Å². The van der Waals surface area contributed by atoms with Crippen LogP contribution in [0.15, 0.2) is 0 Å². The van der Waals surface area contributed by atoms with Crippen LogP contribution in [0.2, 0.25) is 0 Å². The fourth-order valence-electron chi connectivity index (χ4n) is 3.69. The number of carbonyl (C=O) groups is 2. The molecule has 10 heteroatoms. The third-order valence-corrected chi connectivity index (χ3v) is 9.08. The Hall–Kier alpha value is -0.290. The van der Waals surface area contributed by atoms with Gasteiger partial charge < -0.3 is 20.8 Å². The molecule has 2 amide bonds. The second-order valence-corrected chi connectivity index (χ2v) is 11.3. The van der Waals surface area contributed by atoms with Gasteiger partial charge >= 0.3 is 12.0 Å². The number of fused-ring (bicyclic) bond motifs is 1. The Labute approximate surface area is 179 Å². The molecule has 0 saturated carbocycles. The second kappa shape index (κ2) is 12.4. The number of thioether (sulfide) groups is 1. The largest absolute Gasteiger partial charge is 0.368 e. The second-order valence-electron chi connectivity index (χ2n) is 7.36. The smallest absolute Gasteiger partial charge is 0.325 e. The molecule has 3 rings (SSSR count). The van der Waals surface area contributed by atoms with Crippen LogP contribution in [0.5, 0.6) is 0 Å². The lowest BCUT2D eigenvalue weighted by Crippen LogP contribution is -2.36. The number of rotatable bonds is 13. The number of hydrogen-bond donors (Lipinski definition) is 3. The van der Waals surface area contributed by atoms with Gasteiger partial charge in [-0.3, -0.25) is 4.79 Å². The highest BCUT2D eigenvalue weighted by Gasteiger charge is 2.42. The maximum absolute atomic E-state index is 11.7. The third-order valence-electron chi connectivity index (χ3n) is 5.16. The van der Waals surface area contributed by atoms with Crippen molar-refractivity contribution in [1.82, 2.24) is 21.0 Å². The van der Waals surface area contributed by atoms with Crippen LogP contribution in [0.1, 0.15) is 38.5 Å². The van der Waals surface area contributed by atoms with Crippen molar-refractivity contribution in [1.29, 1.82) is 0 Å². The number of amides is 2. The van der Waals surface area contributed by atoms with Crippen LogP contribution in [0, 0.1) is 0 Å². The van der Waals surface area contributed by atoms with Crippen LogP contribution < -0.4 is 16.0 Å². The van der Waals surface area contributed by atoms with E-state index < -0.39 is 0 Å². The molecule has 28 heavy (non-hydrogen) atoms. The molecule has 3 saturated heterocycles. The van der Waals surface area contributed by atoms with Gasteiger partial charge in [0.25, 0.3) is 0 Å². The molecule has 0 aromatic rings. The van der Waals surface area contributed by atoms with Gasteiger partial charge in [0.1, 0.15) is 0 Å². The first-order chi connectivity index (χ1) is 13.7. The zero-order valence-electron chi connectivity index (χ0n) is 16.3. The molecule has 3 N–H and O–H groups in total.